The van der Waals surface area contributed by atoms with Crippen molar-refractivity contribution in [3.05, 3.63) is 52.0 Å². The maximum Gasteiger partial charge on any atom is 0.182 e. The molecule has 0 saturated carbocycles. The van der Waals surface area contributed by atoms with Crippen molar-refractivity contribution >= 4 is 17.0 Å². The second-order valence-corrected chi connectivity index (χ2v) is 4.01. The van der Waals surface area contributed by atoms with E-state index >= 15 is 0 Å². The van der Waals surface area contributed by atoms with Crippen LogP contribution in [0.2, 0.25) is 0 Å². The van der Waals surface area contributed by atoms with Crippen molar-refractivity contribution in [3.8, 4) is 0 Å². The highest BCUT2D eigenvalue weighted by atomic mass is 32.1. The SMILES string of the molecule is Fc1cc(F)c(F)c(NCc2ccsc2)c1. The summed E-state index contributed by atoms with van der Waals surface area (Å²) in [5.41, 5.74) is 0.776. The van der Waals surface area contributed by atoms with Gasteiger partial charge < -0.3 is 5.32 Å². The molecule has 0 unspecified atom stereocenters. The molecular formula is C11H8F3NS. The summed E-state index contributed by atoms with van der Waals surface area (Å²) in [6.45, 7) is 0.337. The number of rotatable bonds is 3. The Labute approximate surface area is 94.5 Å². The minimum Gasteiger partial charge on any atom is -0.378 e. The van der Waals surface area contributed by atoms with Crippen LogP contribution in [0.4, 0.5) is 18.9 Å². The van der Waals surface area contributed by atoms with Crippen molar-refractivity contribution < 1.29 is 13.2 Å². The molecule has 0 atom stereocenters. The molecule has 0 amide bonds. The van der Waals surface area contributed by atoms with Gasteiger partial charge in [0.15, 0.2) is 11.6 Å². The van der Waals surface area contributed by atoms with Gasteiger partial charge in [-0.3, -0.25) is 0 Å². The third kappa shape index (κ3) is 2.36. The van der Waals surface area contributed by atoms with E-state index < -0.39 is 17.5 Å². The largest absolute Gasteiger partial charge is 0.378 e. The van der Waals surface area contributed by atoms with E-state index in [1.54, 1.807) is 0 Å². The van der Waals surface area contributed by atoms with Crippen LogP contribution in [0.25, 0.3) is 0 Å². The van der Waals surface area contributed by atoms with Gasteiger partial charge in [0.2, 0.25) is 0 Å². The van der Waals surface area contributed by atoms with Crippen molar-refractivity contribution in [2.24, 2.45) is 0 Å². The first-order valence-electron chi connectivity index (χ1n) is 4.56. The van der Waals surface area contributed by atoms with Gasteiger partial charge in [0.25, 0.3) is 0 Å². The first-order chi connectivity index (χ1) is 7.66. The smallest absolute Gasteiger partial charge is 0.182 e. The fourth-order valence-electron chi connectivity index (χ4n) is 1.28. The van der Waals surface area contributed by atoms with Crippen molar-refractivity contribution in [1.29, 1.82) is 0 Å². The topological polar surface area (TPSA) is 12.0 Å². The molecule has 1 N–H and O–H groups in total. The van der Waals surface area contributed by atoms with Gasteiger partial charge in [0.05, 0.1) is 5.69 Å². The molecular weight excluding hydrogens is 235 g/mol. The maximum atomic E-state index is 13.2. The number of thiophene rings is 1. The van der Waals surface area contributed by atoms with E-state index in [1.807, 2.05) is 16.8 Å². The van der Waals surface area contributed by atoms with E-state index in [0.29, 0.717) is 12.6 Å². The minimum absolute atomic E-state index is 0.163. The first kappa shape index (κ1) is 11.0. The standard InChI is InChI=1S/C11H8F3NS/c12-8-3-9(13)11(14)10(4-8)15-5-7-1-2-16-6-7/h1-4,6,15H,5H2. The zero-order chi connectivity index (χ0) is 11.5. The number of anilines is 1. The summed E-state index contributed by atoms with van der Waals surface area (Å²) in [5, 5.41) is 6.40. The second-order valence-electron chi connectivity index (χ2n) is 3.23. The molecule has 0 aliphatic carbocycles. The van der Waals surface area contributed by atoms with Crippen LogP contribution in [0.15, 0.2) is 29.0 Å². The van der Waals surface area contributed by atoms with Gasteiger partial charge in [-0.2, -0.15) is 11.3 Å². The van der Waals surface area contributed by atoms with E-state index in [0.717, 1.165) is 11.6 Å². The van der Waals surface area contributed by atoms with Gasteiger partial charge in [-0.1, -0.05) is 0 Å². The molecule has 0 spiro atoms. The van der Waals surface area contributed by atoms with Crippen molar-refractivity contribution in [3.63, 3.8) is 0 Å². The quantitative estimate of drug-likeness (QED) is 0.809. The third-order valence-electron chi connectivity index (χ3n) is 2.06. The Morgan fingerprint density at radius 3 is 2.69 bits per heavy atom. The summed E-state index contributed by atoms with van der Waals surface area (Å²) in [6, 6.07) is 3.31. The minimum atomic E-state index is -1.19. The highest BCUT2D eigenvalue weighted by molar-refractivity contribution is 7.07. The highest BCUT2D eigenvalue weighted by Crippen LogP contribution is 2.20. The lowest BCUT2D eigenvalue weighted by molar-refractivity contribution is 0.497. The summed E-state index contributed by atoms with van der Waals surface area (Å²) < 4.78 is 38.9. The summed E-state index contributed by atoms with van der Waals surface area (Å²) in [6.07, 6.45) is 0. The fraction of sp³-hybridized carbons (Fsp3) is 0.0909. The molecule has 0 bridgehead atoms. The van der Waals surface area contributed by atoms with E-state index in [1.165, 1.54) is 11.3 Å². The van der Waals surface area contributed by atoms with Gasteiger partial charge in [-0.25, -0.2) is 13.2 Å². The second kappa shape index (κ2) is 4.57. The fourth-order valence-corrected chi connectivity index (χ4v) is 1.94. The average Bonchev–Trinajstić information content (AvgIpc) is 2.74. The van der Waals surface area contributed by atoms with Crippen LogP contribution in [0.5, 0.6) is 0 Å². The van der Waals surface area contributed by atoms with Crippen LogP contribution in [-0.4, -0.2) is 0 Å². The number of hydrogen-bond donors (Lipinski definition) is 1. The third-order valence-corrected chi connectivity index (χ3v) is 2.79. The summed E-state index contributed by atoms with van der Waals surface area (Å²) in [5.74, 6) is -3.05. The summed E-state index contributed by atoms with van der Waals surface area (Å²) in [7, 11) is 0. The lowest BCUT2D eigenvalue weighted by atomic mass is 10.2. The van der Waals surface area contributed by atoms with Crippen molar-refractivity contribution in [1.82, 2.24) is 0 Å². The van der Waals surface area contributed by atoms with Gasteiger partial charge in [-0.15, -0.1) is 0 Å². The van der Waals surface area contributed by atoms with Crippen LogP contribution in [0, 0.1) is 17.5 Å². The number of halogens is 3. The zero-order valence-electron chi connectivity index (χ0n) is 8.14. The van der Waals surface area contributed by atoms with E-state index in [2.05, 4.69) is 5.32 Å². The molecule has 1 aromatic heterocycles. The number of benzene rings is 1. The molecule has 84 valence electrons. The van der Waals surface area contributed by atoms with E-state index in [9.17, 15) is 13.2 Å². The molecule has 1 heterocycles. The van der Waals surface area contributed by atoms with Crippen LogP contribution in [0.1, 0.15) is 5.56 Å². The van der Waals surface area contributed by atoms with Crippen LogP contribution >= 0.6 is 11.3 Å². The maximum absolute atomic E-state index is 13.2. The van der Waals surface area contributed by atoms with Crippen molar-refractivity contribution in [2.45, 2.75) is 6.54 Å². The zero-order valence-corrected chi connectivity index (χ0v) is 8.95. The van der Waals surface area contributed by atoms with Crippen LogP contribution in [0.3, 0.4) is 0 Å². The normalized spacial score (nSPS) is 10.4. The van der Waals surface area contributed by atoms with Crippen LogP contribution in [-0.2, 0) is 6.54 Å². The molecule has 16 heavy (non-hydrogen) atoms. The molecule has 2 aromatic rings. The summed E-state index contributed by atoms with van der Waals surface area (Å²) >= 11 is 1.50. The Kier molecular flexibility index (Phi) is 3.14. The molecule has 0 saturated heterocycles. The Morgan fingerprint density at radius 1 is 1.19 bits per heavy atom. The Hall–Kier alpha value is -1.49. The van der Waals surface area contributed by atoms with Gasteiger partial charge in [0, 0.05) is 18.7 Å². The molecule has 1 nitrogen and oxygen atoms in total. The monoisotopic (exact) mass is 243 g/mol. The van der Waals surface area contributed by atoms with Gasteiger partial charge in [-0.05, 0) is 22.4 Å². The Bertz CT molecular complexity index is 482. The van der Waals surface area contributed by atoms with Crippen molar-refractivity contribution in [2.75, 3.05) is 5.32 Å². The lowest BCUT2D eigenvalue weighted by Gasteiger charge is -2.07. The average molecular weight is 243 g/mol. The Balaban J connectivity index is 2.15. The molecule has 0 aliphatic heterocycles. The molecule has 5 heteroatoms. The molecule has 0 fully saturated rings. The summed E-state index contributed by atoms with van der Waals surface area (Å²) in [4.78, 5) is 0. The highest BCUT2D eigenvalue weighted by Gasteiger charge is 2.10. The molecule has 1 aromatic carbocycles. The molecule has 0 radical (unpaired) electrons. The number of hydrogen-bond acceptors (Lipinski definition) is 2. The molecule has 0 aliphatic rings. The number of nitrogens with one attached hydrogen (secondary N) is 1. The van der Waals surface area contributed by atoms with E-state index in [4.69, 9.17) is 0 Å². The molecule has 2 rings (SSSR count). The predicted octanol–water partition coefficient (Wildman–Crippen LogP) is 3.78. The Morgan fingerprint density at radius 2 is 2.00 bits per heavy atom. The first-order valence-corrected chi connectivity index (χ1v) is 5.50. The van der Waals surface area contributed by atoms with Gasteiger partial charge in [0.1, 0.15) is 5.82 Å². The van der Waals surface area contributed by atoms with Gasteiger partial charge >= 0.3 is 0 Å². The lowest BCUT2D eigenvalue weighted by Crippen LogP contribution is -2.02. The van der Waals surface area contributed by atoms with E-state index in [-0.39, 0.29) is 5.69 Å². The predicted molar refractivity (Wildman–Crippen MR) is 58.0 cm³/mol. The van der Waals surface area contributed by atoms with Crippen LogP contribution < -0.4 is 5.32 Å².